The van der Waals surface area contributed by atoms with Gasteiger partial charge in [0, 0.05) is 13.4 Å². The van der Waals surface area contributed by atoms with Gasteiger partial charge in [0.25, 0.3) is 0 Å². The zero-order chi connectivity index (χ0) is 17.6. The molecule has 0 N–H and O–H groups in total. The molecule has 0 spiro atoms. The Labute approximate surface area is 189 Å². The first-order valence-electron chi connectivity index (χ1n) is 4.06. The van der Waals surface area contributed by atoms with Crippen molar-refractivity contribution in [2.24, 2.45) is 0 Å². The second-order valence-electron chi connectivity index (χ2n) is 2.23. The maximum Gasteiger partial charge on any atom is 3.00 e. The van der Waals surface area contributed by atoms with Crippen LogP contribution in [0.15, 0.2) is 28.4 Å². The van der Waals surface area contributed by atoms with E-state index in [9.17, 15) is 29.7 Å². The van der Waals surface area contributed by atoms with Gasteiger partial charge in [-0.2, -0.15) is 0 Å². The molecule has 0 saturated carbocycles. The van der Waals surface area contributed by atoms with E-state index in [0.717, 1.165) is 0 Å². The van der Waals surface area contributed by atoms with Crippen molar-refractivity contribution in [3.63, 3.8) is 0 Å². The minimum atomic E-state index is -1.23. The molecule has 0 unspecified atom stereocenters. The molecule has 0 aromatic carbocycles. The second-order valence-corrected chi connectivity index (χ2v) is 6.17. The predicted molar refractivity (Wildman–Crippen MR) is 98.6 cm³/mol. The Bertz CT molecular complexity index is 395. The average Bonchev–Trinajstić information content (AvgIpc) is 2.45. The van der Waals surface area contributed by atoms with Crippen LogP contribution >= 0.6 is 95.6 Å². The third-order valence-electron chi connectivity index (χ3n) is 0.872. The van der Waals surface area contributed by atoms with Gasteiger partial charge in [-0.15, -0.1) is 0 Å². The predicted octanol–water partition coefficient (Wildman–Crippen LogP) is 0.722. The van der Waals surface area contributed by atoms with Crippen LogP contribution in [0.5, 0.6) is 0 Å². The normalized spacial score (nSPS) is 10.9. The SMILES string of the molecule is O=C([O-])/C(Br)=C/Br.O=C([O-])/C(Br)=C/Br.O=C([O-])/C(Br)=C/Br.[Ga+3]. The van der Waals surface area contributed by atoms with Crippen LogP contribution in [0.1, 0.15) is 0 Å². The minimum absolute atomic E-state index is 0. The van der Waals surface area contributed by atoms with Crippen molar-refractivity contribution < 1.29 is 29.7 Å². The number of hydrogen-bond acceptors (Lipinski definition) is 6. The van der Waals surface area contributed by atoms with Crippen molar-refractivity contribution in [1.29, 1.82) is 0 Å². The van der Waals surface area contributed by atoms with Crippen LogP contribution in [0.25, 0.3) is 0 Å². The largest absolute Gasteiger partial charge is 3.00 e. The number of carboxylic acid groups (broad SMARTS) is 3. The van der Waals surface area contributed by atoms with Crippen LogP contribution in [-0.4, -0.2) is 37.7 Å². The molecule has 0 radical (unpaired) electrons. The van der Waals surface area contributed by atoms with Crippen LogP contribution < -0.4 is 15.3 Å². The maximum absolute atomic E-state index is 9.67. The molecule has 0 aliphatic carbocycles. The number of rotatable bonds is 3. The average molecular weight is 756 g/mol. The van der Waals surface area contributed by atoms with E-state index in [4.69, 9.17) is 0 Å². The molecule has 0 aromatic rings. The summed E-state index contributed by atoms with van der Waals surface area (Å²) in [5, 5.41) is 29.0. The summed E-state index contributed by atoms with van der Waals surface area (Å²) in [6, 6.07) is 0. The van der Waals surface area contributed by atoms with E-state index < -0.39 is 17.9 Å². The topological polar surface area (TPSA) is 120 Å². The van der Waals surface area contributed by atoms with Crippen LogP contribution in [0.3, 0.4) is 0 Å². The van der Waals surface area contributed by atoms with E-state index in [1.54, 1.807) is 0 Å². The molecular weight excluding hydrogens is 753 g/mol. The molecule has 0 atom stereocenters. The molecular formula is C9H3Br6GaO6. The molecule has 0 aromatic heterocycles. The summed E-state index contributed by atoms with van der Waals surface area (Å²) in [6.07, 6.45) is 0. The van der Waals surface area contributed by atoms with Crippen molar-refractivity contribution in [1.82, 2.24) is 0 Å². The molecule has 120 valence electrons. The molecule has 0 fully saturated rings. The van der Waals surface area contributed by atoms with Gasteiger partial charge < -0.3 is 29.7 Å². The van der Waals surface area contributed by atoms with E-state index >= 15 is 0 Å². The number of halogens is 6. The molecule has 13 heteroatoms. The van der Waals surface area contributed by atoms with Crippen LogP contribution in [0.2, 0.25) is 0 Å². The molecule has 6 nitrogen and oxygen atoms in total. The molecule has 0 aliphatic heterocycles. The molecule has 0 amide bonds. The molecule has 0 rings (SSSR count). The quantitative estimate of drug-likeness (QED) is 0.310. The van der Waals surface area contributed by atoms with Gasteiger partial charge in [-0.1, -0.05) is 47.8 Å². The first-order chi connectivity index (χ1) is 9.54. The van der Waals surface area contributed by atoms with Gasteiger partial charge >= 0.3 is 19.8 Å². The summed E-state index contributed by atoms with van der Waals surface area (Å²) in [5.74, 6) is -3.68. The van der Waals surface area contributed by atoms with Gasteiger partial charge in [-0.05, 0) is 62.7 Å². The number of carbonyl (C=O) groups excluding carboxylic acids is 3. The Balaban J connectivity index is -0.000000108. The van der Waals surface area contributed by atoms with Crippen molar-refractivity contribution in [3.05, 3.63) is 28.4 Å². The first-order valence-corrected chi connectivity index (χ1v) is 9.19. The van der Waals surface area contributed by atoms with Crippen molar-refractivity contribution in [2.75, 3.05) is 0 Å². The van der Waals surface area contributed by atoms with Crippen LogP contribution in [0.4, 0.5) is 0 Å². The van der Waals surface area contributed by atoms with Gasteiger partial charge in [-0.3, -0.25) is 0 Å². The van der Waals surface area contributed by atoms with Gasteiger partial charge in [0.2, 0.25) is 0 Å². The number of carbonyl (C=O) groups is 3. The van der Waals surface area contributed by atoms with Crippen molar-refractivity contribution in [2.45, 2.75) is 0 Å². The fraction of sp³-hybridized carbons (Fsp3) is 0. The Morgan fingerprint density at radius 1 is 0.591 bits per heavy atom. The Kier molecular flexibility index (Phi) is 28.4. The third-order valence-corrected chi connectivity index (χ3v) is 5.75. The molecule has 0 saturated heterocycles. The van der Waals surface area contributed by atoms with Gasteiger partial charge in [-0.25, -0.2) is 0 Å². The fourth-order valence-electron chi connectivity index (χ4n) is 0.134. The standard InChI is InChI=1S/3C3H2Br2O2.Ga/c3*4-1-2(5)3(6)7;/h3*1H,(H,6,7);/q;;;+3/p-3/b3*2-1-;. The van der Waals surface area contributed by atoms with Crippen LogP contribution in [0, 0.1) is 0 Å². The number of carboxylic acids is 3. The zero-order valence-corrected chi connectivity index (χ0v) is 22.0. The van der Waals surface area contributed by atoms with Gasteiger partial charge in [0.15, 0.2) is 0 Å². The molecule has 22 heavy (non-hydrogen) atoms. The Morgan fingerprint density at radius 2 is 0.727 bits per heavy atom. The summed E-state index contributed by atoms with van der Waals surface area (Å²) in [6.45, 7) is 0. The fourth-order valence-corrected chi connectivity index (χ4v) is 0.694. The van der Waals surface area contributed by atoms with Crippen LogP contribution in [-0.2, 0) is 14.4 Å². The number of hydrogen-bond donors (Lipinski definition) is 0. The van der Waals surface area contributed by atoms with E-state index in [2.05, 4.69) is 95.6 Å². The van der Waals surface area contributed by atoms with Gasteiger partial charge in [0.1, 0.15) is 0 Å². The summed E-state index contributed by atoms with van der Waals surface area (Å²) in [4.78, 5) is 32.7. The Hall–Kier alpha value is 1.15. The van der Waals surface area contributed by atoms with Gasteiger partial charge in [0.05, 0.1) is 17.9 Å². The minimum Gasteiger partial charge on any atom is -0.544 e. The van der Waals surface area contributed by atoms with E-state index in [1.165, 1.54) is 15.0 Å². The zero-order valence-electron chi connectivity index (χ0n) is 10.0. The van der Waals surface area contributed by atoms with Crippen molar-refractivity contribution >= 4 is 133 Å². The van der Waals surface area contributed by atoms with E-state index in [0.29, 0.717) is 0 Å². The third kappa shape index (κ3) is 23.4. The van der Waals surface area contributed by atoms with E-state index in [1.807, 2.05) is 0 Å². The summed E-state index contributed by atoms with van der Waals surface area (Å²) in [5.41, 5.74) is 0. The maximum atomic E-state index is 9.67. The summed E-state index contributed by atoms with van der Waals surface area (Å²) in [7, 11) is 0. The summed E-state index contributed by atoms with van der Waals surface area (Å²) >= 11 is 16.4. The second kappa shape index (κ2) is 20.2. The molecule has 0 bridgehead atoms. The monoisotopic (exact) mass is 749 g/mol. The van der Waals surface area contributed by atoms with E-state index in [-0.39, 0.29) is 33.2 Å². The molecule has 0 heterocycles. The summed E-state index contributed by atoms with van der Waals surface area (Å²) < 4.78 is 0.0208. The Morgan fingerprint density at radius 3 is 0.727 bits per heavy atom. The van der Waals surface area contributed by atoms with Crippen molar-refractivity contribution in [3.8, 4) is 0 Å². The first kappa shape index (κ1) is 31.0. The smallest absolute Gasteiger partial charge is 0.544 e. The number of aliphatic carboxylic acids is 3. The molecule has 0 aliphatic rings.